The van der Waals surface area contributed by atoms with E-state index >= 15 is 0 Å². The van der Waals surface area contributed by atoms with Gasteiger partial charge in [-0.3, -0.25) is 0 Å². The third kappa shape index (κ3) is 4.27. The van der Waals surface area contributed by atoms with Gasteiger partial charge in [0.2, 0.25) is 0 Å². The molecule has 2 N–H and O–H groups in total. The van der Waals surface area contributed by atoms with Crippen LogP contribution in [0.3, 0.4) is 0 Å². The highest BCUT2D eigenvalue weighted by molar-refractivity contribution is 5.43. The summed E-state index contributed by atoms with van der Waals surface area (Å²) < 4.78 is 11.4. The molecule has 0 heterocycles. The van der Waals surface area contributed by atoms with E-state index in [-0.39, 0.29) is 6.10 Å². The molecule has 0 radical (unpaired) electrons. The second-order valence-electron chi connectivity index (χ2n) is 4.09. The van der Waals surface area contributed by atoms with E-state index in [1.54, 1.807) is 0 Å². The zero-order valence-corrected chi connectivity index (χ0v) is 11.0. The molecule has 1 unspecified atom stereocenters. The molecule has 0 aliphatic heterocycles. The predicted octanol–water partition coefficient (Wildman–Crippen LogP) is 2.76. The Morgan fingerprint density at radius 3 is 2.59 bits per heavy atom. The maximum atomic E-state index is 5.82. The molecule has 1 aromatic rings. The number of hydrogen-bond donors (Lipinski definition) is 1. The van der Waals surface area contributed by atoms with Crippen LogP contribution < -0.4 is 15.2 Å². The third-order valence-electron chi connectivity index (χ3n) is 2.64. The van der Waals surface area contributed by atoms with Gasteiger partial charge in [0, 0.05) is 0 Å². The Kier molecular flexibility index (Phi) is 5.84. The molecule has 96 valence electrons. The Morgan fingerprint density at radius 2 is 2.00 bits per heavy atom. The first-order valence-electron chi connectivity index (χ1n) is 6.33. The number of ether oxygens (including phenoxy) is 2. The summed E-state index contributed by atoms with van der Waals surface area (Å²) >= 11 is 0. The molecule has 0 aromatic heterocycles. The predicted molar refractivity (Wildman–Crippen MR) is 70.8 cm³/mol. The highest BCUT2D eigenvalue weighted by atomic mass is 16.5. The van der Waals surface area contributed by atoms with Gasteiger partial charge in [-0.25, -0.2) is 0 Å². The van der Waals surface area contributed by atoms with Crippen molar-refractivity contribution in [3.05, 3.63) is 23.8 Å². The molecule has 17 heavy (non-hydrogen) atoms. The lowest BCUT2D eigenvalue weighted by molar-refractivity contribution is 0.203. The van der Waals surface area contributed by atoms with Gasteiger partial charge in [0.25, 0.3) is 0 Å². The van der Waals surface area contributed by atoms with E-state index in [0.29, 0.717) is 13.2 Å². The lowest BCUT2D eigenvalue weighted by atomic mass is 10.1. The minimum atomic E-state index is 0.203. The Bertz CT molecular complexity index is 339. The summed E-state index contributed by atoms with van der Waals surface area (Å²) in [6.45, 7) is 7.43. The summed E-state index contributed by atoms with van der Waals surface area (Å²) in [5.74, 6) is 1.64. The van der Waals surface area contributed by atoms with E-state index < -0.39 is 0 Å². The normalized spacial score (nSPS) is 12.2. The average Bonchev–Trinajstić information content (AvgIpc) is 2.33. The van der Waals surface area contributed by atoms with Crippen LogP contribution in [0.25, 0.3) is 0 Å². The third-order valence-corrected chi connectivity index (χ3v) is 2.64. The molecular weight excluding hydrogens is 214 g/mol. The molecule has 0 saturated heterocycles. The van der Waals surface area contributed by atoms with Gasteiger partial charge in [-0.1, -0.05) is 13.0 Å². The monoisotopic (exact) mass is 237 g/mol. The lowest BCUT2D eigenvalue weighted by Gasteiger charge is -2.17. The Morgan fingerprint density at radius 1 is 1.24 bits per heavy atom. The summed E-state index contributed by atoms with van der Waals surface area (Å²) in [5, 5.41) is 0. The fourth-order valence-electron chi connectivity index (χ4n) is 1.54. The summed E-state index contributed by atoms with van der Waals surface area (Å²) in [4.78, 5) is 0. The molecule has 0 aliphatic rings. The number of nitrogens with two attached hydrogens (primary N) is 1. The smallest absolute Gasteiger partial charge is 0.161 e. The number of hydrogen-bond acceptors (Lipinski definition) is 3. The van der Waals surface area contributed by atoms with Crippen LogP contribution in [-0.2, 0) is 6.42 Å². The average molecular weight is 237 g/mol. The van der Waals surface area contributed by atoms with Gasteiger partial charge >= 0.3 is 0 Å². The highest BCUT2D eigenvalue weighted by Crippen LogP contribution is 2.29. The molecule has 0 bridgehead atoms. The van der Waals surface area contributed by atoms with Gasteiger partial charge in [0.1, 0.15) is 0 Å². The van der Waals surface area contributed by atoms with Gasteiger partial charge in [-0.2, -0.15) is 0 Å². The van der Waals surface area contributed by atoms with Crippen molar-refractivity contribution in [3.8, 4) is 11.5 Å². The van der Waals surface area contributed by atoms with Crippen molar-refractivity contribution in [1.82, 2.24) is 0 Å². The fraction of sp³-hybridized carbons (Fsp3) is 0.571. The molecule has 0 spiro atoms. The lowest BCUT2D eigenvalue weighted by Crippen LogP contribution is -2.11. The van der Waals surface area contributed by atoms with Crippen molar-refractivity contribution >= 4 is 0 Å². The maximum absolute atomic E-state index is 5.82. The van der Waals surface area contributed by atoms with Gasteiger partial charge in [-0.15, -0.1) is 0 Å². The van der Waals surface area contributed by atoms with E-state index in [2.05, 4.69) is 13.8 Å². The van der Waals surface area contributed by atoms with Crippen molar-refractivity contribution in [2.45, 2.75) is 39.7 Å². The van der Waals surface area contributed by atoms with Crippen molar-refractivity contribution in [1.29, 1.82) is 0 Å². The van der Waals surface area contributed by atoms with Crippen LogP contribution in [0.4, 0.5) is 0 Å². The summed E-state index contributed by atoms with van der Waals surface area (Å²) in [5.41, 5.74) is 6.74. The van der Waals surface area contributed by atoms with Gasteiger partial charge < -0.3 is 15.2 Å². The van der Waals surface area contributed by atoms with E-state index in [1.807, 2.05) is 25.1 Å². The quantitative estimate of drug-likeness (QED) is 0.793. The Labute approximate surface area is 104 Å². The molecule has 0 saturated carbocycles. The van der Waals surface area contributed by atoms with Crippen LogP contribution in [0, 0.1) is 0 Å². The topological polar surface area (TPSA) is 44.5 Å². The fourth-order valence-corrected chi connectivity index (χ4v) is 1.54. The standard InChI is InChI=1S/C14H23NO2/c1-4-11(3)17-13-7-6-12(8-9-15)10-14(13)16-5-2/h6-7,10-11H,4-5,8-9,15H2,1-3H3. The van der Waals surface area contributed by atoms with Crippen LogP contribution in [0.1, 0.15) is 32.8 Å². The van der Waals surface area contributed by atoms with E-state index in [1.165, 1.54) is 5.56 Å². The summed E-state index contributed by atoms with van der Waals surface area (Å²) in [6.07, 6.45) is 2.05. The summed E-state index contributed by atoms with van der Waals surface area (Å²) in [6, 6.07) is 6.04. The number of benzene rings is 1. The van der Waals surface area contributed by atoms with Crippen molar-refractivity contribution in [3.63, 3.8) is 0 Å². The zero-order valence-electron chi connectivity index (χ0n) is 11.0. The molecule has 3 heteroatoms. The largest absolute Gasteiger partial charge is 0.490 e. The van der Waals surface area contributed by atoms with Crippen LogP contribution >= 0.6 is 0 Å². The Balaban J connectivity index is 2.87. The van der Waals surface area contributed by atoms with E-state index in [4.69, 9.17) is 15.2 Å². The molecule has 1 aromatic carbocycles. The molecule has 0 amide bonds. The second kappa shape index (κ2) is 7.17. The first kappa shape index (κ1) is 13.8. The minimum absolute atomic E-state index is 0.203. The summed E-state index contributed by atoms with van der Waals surface area (Å²) in [7, 11) is 0. The van der Waals surface area contributed by atoms with Crippen LogP contribution in [0.2, 0.25) is 0 Å². The first-order valence-corrected chi connectivity index (χ1v) is 6.33. The highest BCUT2D eigenvalue weighted by Gasteiger charge is 2.09. The molecule has 1 rings (SSSR count). The number of rotatable bonds is 7. The van der Waals surface area contributed by atoms with Crippen molar-refractivity contribution < 1.29 is 9.47 Å². The van der Waals surface area contributed by atoms with Crippen molar-refractivity contribution in [2.24, 2.45) is 5.73 Å². The van der Waals surface area contributed by atoms with Crippen LogP contribution in [0.5, 0.6) is 11.5 Å². The second-order valence-corrected chi connectivity index (χ2v) is 4.09. The van der Waals surface area contributed by atoms with Gasteiger partial charge in [0.15, 0.2) is 11.5 Å². The van der Waals surface area contributed by atoms with Crippen LogP contribution in [-0.4, -0.2) is 19.3 Å². The van der Waals surface area contributed by atoms with Crippen molar-refractivity contribution in [2.75, 3.05) is 13.2 Å². The van der Waals surface area contributed by atoms with Gasteiger partial charge in [0.05, 0.1) is 12.7 Å². The molecular formula is C14H23NO2. The van der Waals surface area contributed by atoms with E-state index in [0.717, 1.165) is 24.3 Å². The van der Waals surface area contributed by atoms with Crippen LogP contribution in [0.15, 0.2) is 18.2 Å². The molecule has 3 nitrogen and oxygen atoms in total. The maximum Gasteiger partial charge on any atom is 0.161 e. The molecule has 1 atom stereocenters. The molecule has 0 aliphatic carbocycles. The minimum Gasteiger partial charge on any atom is -0.490 e. The molecule has 0 fully saturated rings. The van der Waals surface area contributed by atoms with E-state index in [9.17, 15) is 0 Å². The first-order chi connectivity index (χ1) is 8.21. The van der Waals surface area contributed by atoms with Gasteiger partial charge in [-0.05, 0) is 50.9 Å². The Hall–Kier alpha value is -1.22. The SMILES string of the molecule is CCOc1cc(CCN)ccc1OC(C)CC. The zero-order chi connectivity index (χ0) is 12.7.